The number of aromatic nitrogens is 2. The molecular formula is C27H26N4O2. The lowest BCUT2D eigenvalue weighted by molar-refractivity contribution is 0.0751. The zero-order valence-electron chi connectivity index (χ0n) is 18.6. The van der Waals surface area contributed by atoms with E-state index in [4.69, 9.17) is 4.74 Å². The second kappa shape index (κ2) is 9.20. The van der Waals surface area contributed by atoms with Crippen LogP contribution < -0.4 is 9.64 Å². The number of fused-ring (bicyclic) bond motifs is 1. The van der Waals surface area contributed by atoms with Crippen molar-refractivity contribution in [2.45, 2.75) is 13.1 Å². The number of H-pyrrole nitrogens is 1. The molecule has 5 rings (SSSR count). The van der Waals surface area contributed by atoms with E-state index in [-0.39, 0.29) is 5.91 Å². The minimum atomic E-state index is 0.00610. The summed E-state index contributed by atoms with van der Waals surface area (Å²) in [6.45, 7) is 2.57. The van der Waals surface area contributed by atoms with Crippen molar-refractivity contribution in [3.05, 3.63) is 102 Å². The summed E-state index contributed by atoms with van der Waals surface area (Å²) in [7, 11) is 1.61. The number of methoxy groups -OCH3 is 1. The molecule has 33 heavy (non-hydrogen) atoms. The molecule has 0 atom stereocenters. The number of ether oxygens (including phenoxy) is 1. The van der Waals surface area contributed by atoms with E-state index in [9.17, 15) is 4.79 Å². The SMILES string of the molecule is COc1cccc(C(=O)N2CCN(Cc3c[nH]cn3)c3ccc(-c4ccccc4)cc3C2)c1. The lowest BCUT2D eigenvalue weighted by atomic mass is 10.0. The van der Waals surface area contributed by atoms with Crippen LogP contribution in [0.5, 0.6) is 5.75 Å². The van der Waals surface area contributed by atoms with Crippen LogP contribution in [0.1, 0.15) is 21.6 Å². The number of imidazole rings is 1. The quantitative estimate of drug-likeness (QED) is 0.489. The fourth-order valence-electron chi connectivity index (χ4n) is 4.33. The van der Waals surface area contributed by atoms with E-state index in [1.807, 2.05) is 47.5 Å². The number of nitrogens with zero attached hydrogens (tertiary/aromatic N) is 3. The van der Waals surface area contributed by atoms with Gasteiger partial charge in [0.1, 0.15) is 5.75 Å². The number of amides is 1. The number of hydrogen-bond acceptors (Lipinski definition) is 4. The van der Waals surface area contributed by atoms with Gasteiger partial charge in [-0.3, -0.25) is 4.79 Å². The average molecular weight is 439 g/mol. The van der Waals surface area contributed by atoms with Gasteiger partial charge in [-0.15, -0.1) is 0 Å². The van der Waals surface area contributed by atoms with E-state index < -0.39 is 0 Å². The van der Waals surface area contributed by atoms with Crippen LogP contribution in [0.25, 0.3) is 11.1 Å². The number of carbonyl (C=O) groups excluding carboxylic acids is 1. The Labute approximate surface area is 193 Å². The Morgan fingerprint density at radius 2 is 1.88 bits per heavy atom. The maximum Gasteiger partial charge on any atom is 0.254 e. The minimum Gasteiger partial charge on any atom is -0.497 e. The molecule has 0 aliphatic carbocycles. The van der Waals surface area contributed by atoms with E-state index >= 15 is 0 Å². The summed E-state index contributed by atoms with van der Waals surface area (Å²) in [5, 5.41) is 0. The largest absolute Gasteiger partial charge is 0.497 e. The first-order chi connectivity index (χ1) is 16.2. The summed E-state index contributed by atoms with van der Waals surface area (Å²) < 4.78 is 5.32. The molecule has 0 spiro atoms. The normalized spacial score (nSPS) is 13.4. The van der Waals surface area contributed by atoms with Crippen LogP contribution in [0.2, 0.25) is 0 Å². The smallest absolute Gasteiger partial charge is 0.254 e. The molecule has 0 unspecified atom stereocenters. The van der Waals surface area contributed by atoms with Crippen LogP contribution in [0.15, 0.2) is 85.3 Å². The molecule has 6 heteroatoms. The summed E-state index contributed by atoms with van der Waals surface area (Å²) >= 11 is 0. The molecule has 1 amide bonds. The molecular weight excluding hydrogens is 412 g/mol. The zero-order chi connectivity index (χ0) is 22.6. The van der Waals surface area contributed by atoms with Crippen LogP contribution >= 0.6 is 0 Å². The van der Waals surface area contributed by atoms with E-state index in [0.29, 0.717) is 30.9 Å². The molecule has 3 aromatic carbocycles. The number of hydrogen-bond donors (Lipinski definition) is 1. The molecule has 0 radical (unpaired) electrons. The number of benzene rings is 3. The number of carbonyl (C=O) groups is 1. The van der Waals surface area contributed by atoms with Gasteiger partial charge in [0.15, 0.2) is 0 Å². The summed E-state index contributed by atoms with van der Waals surface area (Å²) in [4.78, 5) is 25.1. The first-order valence-electron chi connectivity index (χ1n) is 11.1. The lowest BCUT2D eigenvalue weighted by Crippen LogP contribution is -2.35. The molecule has 1 aromatic heterocycles. The summed E-state index contributed by atoms with van der Waals surface area (Å²) in [5.41, 5.74) is 6.18. The first kappa shape index (κ1) is 20.8. The fraction of sp³-hybridized carbons (Fsp3) is 0.185. The Kier molecular flexibility index (Phi) is 5.81. The number of anilines is 1. The lowest BCUT2D eigenvalue weighted by Gasteiger charge is -2.24. The Hall–Kier alpha value is -4.06. The third-order valence-electron chi connectivity index (χ3n) is 6.04. The van der Waals surface area contributed by atoms with Gasteiger partial charge in [0.2, 0.25) is 0 Å². The van der Waals surface area contributed by atoms with E-state index in [1.165, 1.54) is 0 Å². The molecule has 166 valence electrons. The maximum atomic E-state index is 13.4. The van der Waals surface area contributed by atoms with E-state index in [2.05, 4.69) is 45.2 Å². The Balaban J connectivity index is 1.50. The van der Waals surface area contributed by atoms with Crippen LogP contribution in [0.4, 0.5) is 5.69 Å². The zero-order valence-corrected chi connectivity index (χ0v) is 18.6. The highest BCUT2D eigenvalue weighted by Crippen LogP contribution is 2.32. The van der Waals surface area contributed by atoms with Crippen molar-refractivity contribution in [1.29, 1.82) is 0 Å². The molecule has 0 fully saturated rings. The summed E-state index contributed by atoms with van der Waals surface area (Å²) in [6, 6.07) is 24.2. The Bertz CT molecular complexity index is 1240. The Morgan fingerprint density at radius 1 is 1.00 bits per heavy atom. The highest BCUT2D eigenvalue weighted by Gasteiger charge is 2.25. The number of nitrogens with one attached hydrogen (secondary N) is 1. The van der Waals surface area contributed by atoms with Crippen molar-refractivity contribution in [3.8, 4) is 16.9 Å². The average Bonchev–Trinajstić information content (AvgIpc) is 3.32. The van der Waals surface area contributed by atoms with Crippen molar-refractivity contribution in [2.75, 3.05) is 25.1 Å². The van der Waals surface area contributed by atoms with Gasteiger partial charge >= 0.3 is 0 Å². The molecule has 0 saturated heterocycles. The molecule has 2 heterocycles. The molecule has 0 saturated carbocycles. The predicted molar refractivity (Wildman–Crippen MR) is 129 cm³/mol. The minimum absolute atomic E-state index is 0.00610. The van der Waals surface area contributed by atoms with Gasteiger partial charge in [0.25, 0.3) is 5.91 Å². The van der Waals surface area contributed by atoms with E-state index in [0.717, 1.165) is 34.6 Å². The highest BCUT2D eigenvalue weighted by atomic mass is 16.5. The fourth-order valence-corrected chi connectivity index (χ4v) is 4.33. The van der Waals surface area contributed by atoms with Crippen molar-refractivity contribution in [2.24, 2.45) is 0 Å². The molecule has 1 aliphatic rings. The van der Waals surface area contributed by atoms with Crippen molar-refractivity contribution in [1.82, 2.24) is 14.9 Å². The first-order valence-corrected chi connectivity index (χ1v) is 11.1. The van der Waals surface area contributed by atoms with E-state index in [1.54, 1.807) is 19.5 Å². The van der Waals surface area contributed by atoms with Gasteiger partial charge < -0.3 is 19.5 Å². The molecule has 4 aromatic rings. The van der Waals surface area contributed by atoms with Crippen LogP contribution in [-0.2, 0) is 13.1 Å². The molecule has 1 N–H and O–H groups in total. The topological polar surface area (TPSA) is 61.5 Å². The number of rotatable bonds is 5. The van der Waals surface area contributed by atoms with Gasteiger partial charge in [0, 0.05) is 37.1 Å². The standard InChI is InChI=1S/C27H26N4O2/c1-33-25-9-5-8-22(15-25)27(32)31-13-12-30(18-24-16-28-19-29-24)26-11-10-21(14-23(26)17-31)20-6-3-2-4-7-20/h2-11,14-16,19H,12-13,17-18H2,1H3,(H,28,29). The summed E-state index contributed by atoms with van der Waals surface area (Å²) in [6.07, 6.45) is 3.62. The molecule has 0 bridgehead atoms. The van der Waals surface area contributed by atoms with Crippen molar-refractivity contribution >= 4 is 11.6 Å². The summed E-state index contributed by atoms with van der Waals surface area (Å²) in [5.74, 6) is 0.689. The second-order valence-corrected chi connectivity index (χ2v) is 8.15. The monoisotopic (exact) mass is 438 g/mol. The van der Waals surface area contributed by atoms with Gasteiger partial charge in [-0.25, -0.2) is 4.98 Å². The van der Waals surface area contributed by atoms with Crippen molar-refractivity contribution < 1.29 is 9.53 Å². The second-order valence-electron chi connectivity index (χ2n) is 8.15. The third kappa shape index (κ3) is 4.46. The third-order valence-corrected chi connectivity index (χ3v) is 6.04. The van der Waals surface area contributed by atoms with Crippen LogP contribution in [-0.4, -0.2) is 41.0 Å². The van der Waals surface area contributed by atoms with Crippen molar-refractivity contribution in [3.63, 3.8) is 0 Å². The Morgan fingerprint density at radius 3 is 2.67 bits per heavy atom. The molecule has 1 aliphatic heterocycles. The van der Waals surface area contributed by atoms with Gasteiger partial charge in [-0.2, -0.15) is 0 Å². The van der Waals surface area contributed by atoms with Gasteiger partial charge in [-0.05, 0) is 47.0 Å². The van der Waals surface area contributed by atoms with Gasteiger partial charge in [-0.1, -0.05) is 42.5 Å². The maximum absolute atomic E-state index is 13.4. The molecule has 6 nitrogen and oxygen atoms in total. The highest BCUT2D eigenvalue weighted by molar-refractivity contribution is 5.95. The van der Waals surface area contributed by atoms with Crippen LogP contribution in [0, 0.1) is 0 Å². The predicted octanol–water partition coefficient (Wildman–Crippen LogP) is 4.75. The number of aromatic amines is 1. The van der Waals surface area contributed by atoms with Gasteiger partial charge in [0.05, 0.1) is 25.7 Å². The van der Waals surface area contributed by atoms with Crippen LogP contribution in [0.3, 0.4) is 0 Å².